The molecule has 0 atom stereocenters. The molecule has 0 radical (unpaired) electrons. The Morgan fingerprint density at radius 1 is 1.09 bits per heavy atom. The summed E-state index contributed by atoms with van der Waals surface area (Å²) in [5.41, 5.74) is 5.00. The molecule has 2 aromatic carbocycles. The molecule has 0 bridgehead atoms. The molecule has 0 saturated carbocycles. The Balaban J connectivity index is 1.38. The van der Waals surface area contributed by atoms with Gasteiger partial charge < -0.3 is 4.42 Å². The Morgan fingerprint density at radius 2 is 1.84 bits per heavy atom. The van der Waals surface area contributed by atoms with E-state index in [1.165, 1.54) is 17.3 Å². The third kappa shape index (κ3) is 5.45. The van der Waals surface area contributed by atoms with E-state index in [2.05, 4.69) is 36.9 Å². The predicted octanol–water partition coefficient (Wildman–Crippen LogP) is 5.16. The maximum atomic E-state index is 12.6. The summed E-state index contributed by atoms with van der Waals surface area (Å²) in [6.07, 6.45) is 0. The number of benzene rings is 2. The average Bonchev–Trinajstić information content (AvgIpc) is 3.41. The summed E-state index contributed by atoms with van der Waals surface area (Å²) in [7, 11) is 0. The van der Waals surface area contributed by atoms with Crippen LogP contribution in [-0.4, -0.2) is 25.9 Å². The Labute approximate surface area is 202 Å². The zero-order valence-electron chi connectivity index (χ0n) is 16.9. The van der Waals surface area contributed by atoms with Gasteiger partial charge in [-0.3, -0.25) is 15.5 Å². The fraction of sp³-hybridized carbons (Fsp3) is 0.0909. The third-order valence-electron chi connectivity index (χ3n) is 4.40. The number of aromatic nitrogens is 3. The third-order valence-corrected chi connectivity index (χ3v) is 6.13. The van der Waals surface area contributed by atoms with Gasteiger partial charge in [0.1, 0.15) is 11.6 Å². The molecule has 0 aliphatic carbocycles. The van der Waals surface area contributed by atoms with E-state index in [1.807, 2.05) is 54.6 Å². The molecule has 10 heteroatoms. The van der Waals surface area contributed by atoms with E-state index in [9.17, 15) is 4.79 Å². The topological polar surface area (TPSA) is 85.0 Å². The van der Waals surface area contributed by atoms with Crippen LogP contribution < -0.4 is 10.7 Å². The minimum Gasteiger partial charge on any atom is -0.451 e. The minimum absolute atomic E-state index is 0.112. The number of aryl methyl sites for hydroxylation is 1. The molecule has 0 fully saturated rings. The van der Waals surface area contributed by atoms with Crippen molar-refractivity contribution in [3.8, 4) is 11.3 Å². The second-order valence-corrected chi connectivity index (χ2v) is 8.97. The molecular weight excluding hydrogens is 510 g/mol. The zero-order chi connectivity index (χ0) is 22.5. The molecule has 2 N–H and O–H groups in total. The number of nitrogens with one attached hydrogen (secondary N) is 2. The summed E-state index contributed by atoms with van der Waals surface area (Å²) in [6, 6.07) is 21.0. The molecule has 2 aromatic heterocycles. The number of rotatable bonds is 6. The monoisotopic (exact) mass is 527 g/mol. The molecule has 4 rings (SSSR count). The summed E-state index contributed by atoms with van der Waals surface area (Å²) in [5.74, 6) is 1.65. The molecule has 162 valence electrons. The van der Waals surface area contributed by atoms with E-state index < -0.39 is 5.91 Å². The fourth-order valence-corrected chi connectivity index (χ4v) is 4.15. The molecule has 0 aliphatic rings. The lowest BCUT2D eigenvalue weighted by atomic mass is 10.2. The molecule has 0 aliphatic heterocycles. The summed E-state index contributed by atoms with van der Waals surface area (Å²) < 4.78 is 8.30. The van der Waals surface area contributed by atoms with Crippen LogP contribution in [0.2, 0.25) is 0 Å². The summed E-state index contributed by atoms with van der Waals surface area (Å²) >= 11 is 10.2. The molecule has 32 heavy (non-hydrogen) atoms. The van der Waals surface area contributed by atoms with E-state index in [0.717, 1.165) is 15.8 Å². The maximum absolute atomic E-state index is 12.6. The average molecular weight is 528 g/mol. The van der Waals surface area contributed by atoms with Gasteiger partial charge in [-0.2, -0.15) is 0 Å². The van der Waals surface area contributed by atoms with Crippen molar-refractivity contribution in [3.05, 3.63) is 88.4 Å². The van der Waals surface area contributed by atoms with Crippen molar-refractivity contribution in [2.24, 2.45) is 0 Å². The van der Waals surface area contributed by atoms with E-state index in [-0.39, 0.29) is 10.9 Å². The number of furan rings is 1. The molecule has 0 saturated heterocycles. The SMILES string of the molecule is Cc1nnc(SCc2ccccc2)n1NC(=S)NC(=O)c1ccc(-c2ccc(Br)cc2)o1. The van der Waals surface area contributed by atoms with Gasteiger partial charge in [0.05, 0.1) is 0 Å². The number of hydrogen-bond donors (Lipinski definition) is 2. The van der Waals surface area contributed by atoms with Crippen molar-refractivity contribution in [1.29, 1.82) is 0 Å². The van der Waals surface area contributed by atoms with Gasteiger partial charge in [-0.25, -0.2) is 4.68 Å². The Bertz CT molecular complexity index is 1240. The Morgan fingerprint density at radius 3 is 2.59 bits per heavy atom. The van der Waals surface area contributed by atoms with Crippen LogP contribution in [0.15, 0.2) is 80.8 Å². The van der Waals surface area contributed by atoms with Gasteiger partial charge in [0.2, 0.25) is 5.16 Å². The predicted molar refractivity (Wildman–Crippen MR) is 132 cm³/mol. The van der Waals surface area contributed by atoms with Crippen LogP contribution in [0.25, 0.3) is 11.3 Å². The van der Waals surface area contributed by atoms with E-state index in [0.29, 0.717) is 16.7 Å². The molecular formula is C22H18BrN5O2S2. The lowest BCUT2D eigenvalue weighted by Gasteiger charge is -2.12. The number of thiocarbonyl (C=S) groups is 1. The summed E-state index contributed by atoms with van der Waals surface area (Å²) in [6.45, 7) is 1.80. The van der Waals surface area contributed by atoms with Crippen LogP contribution in [0.4, 0.5) is 0 Å². The van der Waals surface area contributed by atoms with Gasteiger partial charge in [-0.05, 0) is 49.0 Å². The maximum Gasteiger partial charge on any atom is 0.293 e. The Hall–Kier alpha value is -2.95. The van der Waals surface area contributed by atoms with Gasteiger partial charge >= 0.3 is 0 Å². The quantitative estimate of drug-likeness (QED) is 0.264. The first-order valence-corrected chi connectivity index (χ1v) is 11.7. The normalized spacial score (nSPS) is 10.7. The van der Waals surface area contributed by atoms with Crippen molar-refractivity contribution in [1.82, 2.24) is 20.2 Å². The fourth-order valence-electron chi connectivity index (χ4n) is 2.81. The highest BCUT2D eigenvalue weighted by Crippen LogP contribution is 2.24. The van der Waals surface area contributed by atoms with Crippen molar-refractivity contribution in [2.45, 2.75) is 17.8 Å². The van der Waals surface area contributed by atoms with Gasteiger partial charge in [0, 0.05) is 15.8 Å². The lowest BCUT2D eigenvalue weighted by Crippen LogP contribution is -2.38. The highest BCUT2D eigenvalue weighted by atomic mass is 79.9. The molecule has 1 amide bonds. The van der Waals surface area contributed by atoms with Crippen molar-refractivity contribution < 1.29 is 9.21 Å². The van der Waals surface area contributed by atoms with Crippen LogP contribution in [0.1, 0.15) is 21.9 Å². The van der Waals surface area contributed by atoms with Crippen LogP contribution in [0.5, 0.6) is 0 Å². The van der Waals surface area contributed by atoms with Crippen LogP contribution >= 0.6 is 39.9 Å². The second kappa shape index (κ2) is 10.1. The van der Waals surface area contributed by atoms with Gasteiger partial charge in [-0.15, -0.1) is 10.2 Å². The number of halogens is 1. The first kappa shape index (κ1) is 22.3. The van der Waals surface area contributed by atoms with E-state index in [1.54, 1.807) is 23.7 Å². The van der Waals surface area contributed by atoms with Crippen LogP contribution in [0, 0.1) is 6.92 Å². The largest absolute Gasteiger partial charge is 0.451 e. The molecule has 7 nitrogen and oxygen atoms in total. The first-order chi connectivity index (χ1) is 15.5. The van der Waals surface area contributed by atoms with Gasteiger partial charge in [0.15, 0.2) is 10.9 Å². The Kier molecular flexibility index (Phi) is 7.03. The van der Waals surface area contributed by atoms with Crippen molar-refractivity contribution >= 4 is 50.9 Å². The van der Waals surface area contributed by atoms with E-state index >= 15 is 0 Å². The number of carbonyl (C=O) groups excluding carboxylic acids is 1. The number of amides is 1. The van der Waals surface area contributed by atoms with Gasteiger partial charge in [-0.1, -0.05) is 70.2 Å². The first-order valence-electron chi connectivity index (χ1n) is 9.56. The van der Waals surface area contributed by atoms with Crippen molar-refractivity contribution in [2.75, 3.05) is 5.43 Å². The smallest absolute Gasteiger partial charge is 0.293 e. The van der Waals surface area contributed by atoms with Gasteiger partial charge in [0.25, 0.3) is 5.91 Å². The second-order valence-electron chi connectivity index (χ2n) is 6.71. The molecule has 2 heterocycles. The summed E-state index contributed by atoms with van der Waals surface area (Å²) in [5, 5.41) is 11.7. The lowest BCUT2D eigenvalue weighted by molar-refractivity contribution is 0.0951. The summed E-state index contributed by atoms with van der Waals surface area (Å²) in [4.78, 5) is 12.6. The van der Waals surface area contributed by atoms with E-state index in [4.69, 9.17) is 16.6 Å². The highest BCUT2D eigenvalue weighted by molar-refractivity contribution is 9.10. The van der Waals surface area contributed by atoms with Crippen LogP contribution in [-0.2, 0) is 5.75 Å². The number of hydrogen-bond acceptors (Lipinski definition) is 6. The molecule has 0 unspecified atom stereocenters. The minimum atomic E-state index is -0.449. The number of nitrogens with zero attached hydrogens (tertiary/aromatic N) is 3. The standard InChI is InChI=1S/C22H18BrN5O2S2/c1-14-25-26-22(32-13-15-5-3-2-4-6-15)28(14)27-21(31)24-20(29)19-12-11-18(30-19)16-7-9-17(23)10-8-16/h2-12H,13H2,1H3,(H2,24,27,29,31). The van der Waals surface area contributed by atoms with Crippen molar-refractivity contribution in [3.63, 3.8) is 0 Å². The zero-order valence-corrected chi connectivity index (χ0v) is 20.1. The number of carbonyl (C=O) groups is 1. The molecule has 0 spiro atoms. The number of thioether (sulfide) groups is 1. The van der Waals surface area contributed by atoms with Crippen LogP contribution in [0.3, 0.4) is 0 Å². The molecule has 4 aromatic rings. The highest BCUT2D eigenvalue weighted by Gasteiger charge is 2.16.